The van der Waals surface area contributed by atoms with Gasteiger partial charge < -0.3 is 30.9 Å². The van der Waals surface area contributed by atoms with Gasteiger partial charge in [-0.1, -0.05) is 51.1 Å². The highest BCUT2D eigenvalue weighted by Gasteiger charge is 2.37. The number of carboxylic acids is 1. The van der Waals surface area contributed by atoms with Crippen molar-refractivity contribution in [2.45, 2.75) is 52.2 Å². The Morgan fingerprint density at radius 1 is 0.982 bits per heavy atom. The first kappa shape index (κ1) is 42.4. The topological polar surface area (TPSA) is 184 Å². The fraction of sp³-hybridized carbons (Fsp3) is 0.385. The van der Waals surface area contributed by atoms with Crippen LogP contribution in [0.25, 0.3) is 11.1 Å². The lowest BCUT2D eigenvalue weighted by atomic mass is 9.83. The fourth-order valence-electron chi connectivity index (χ4n) is 6.15. The van der Waals surface area contributed by atoms with Crippen molar-refractivity contribution >= 4 is 47.3 Å². The minimum absolute atomic E-state index is 0.0174. The Morgan fingerprint density at radius 3 is 2.31 bits per heavy atom. The number of hydrogen-bond acceptors (Lipinski definition) is 8. The molecule has 16 heteroatoms. The quantitative estimate of drug-likeness (QED) is 0.105. The van der Waals surface area contributed by atoms with E-state index in [1.807, 2.05) is 55.7 Å². The third kappa shape index (κ3) is 11.8. The lowest BCUT2D eigenvalue weighted by Gasteiger charge is -2.41. The molecule has 0 fully saturated rings. The van der Waals surface area contributed by atoms with Gasteiger partial charge in [0.25, 0.3) is 11.8 Å². The van der Waals surface area contributed by atoms with Gasteiger partial charge >= 0.3 is 5.97 Å². The lowest BCUT2D eigenvalue weighted by molar-refractivity contribution is -0.143. The molecule has 2 aromatic carbocycles. The van der Waals surface area contributed by atoms with E-state index >= 15 is 4.39 Å². The van der Waals surface area contributed by atoms with Gasteiger partial charge in [-0.2, -0.15) is 11.8 Å². The molecule has 0 radical (unpaired) electrons. The Balaban J connectivity index is 1.45. The van der Waals surface area contributed by atoms with Crippen molar-refractivity contribution in [1.29, 1.82) is 0 Å². The standard InChI is InChI=1S/C39H46F2N6O7S/c1-39(2,3)37(31-18-26(28-19-27(40)10-11-29(28)41)22-45(31)21-25-8-5-4-6-9-25)46(16-7-15-42)36(52)24-55-17-14-32(48)44-30(38(53)54)20-43-33(49)23-47-34(50)12-13-35(47)51/h4-6,8-13,18-19,22,30,37H,7,14-17,20-21,23-24,42H2,1-3H3,(H,43,49)(H,44,48)(H,53,54)/t30?,37-/m0/s1. The molecule has 55 heavy (non-hydrogen) atoms. The number of nitrogens with one attached hydrogen (secondary N) is 2. The normalized spacial score (nSPS) is 13.8. The fourth-order valence-corrected chi connectivity index (χ4v) is 6.96. The molecule has 2 atom stereocenters. The molecule has 0 spiro atoms. The van der Waals surface area contributed by atoms with Crippen molar-refractivity contribution in [3.8, 4) is 11.1 Å². The Hall–Kier alpha value is -5.35. The molecule has 2 heterocycles. The molecule has 1 aliphatic heterocycles. The number of carbonyl (C=O) groups excluding carboxylic acids is 5. The average molecular weight is 781 g/mol. The van der Waals surface area contributed by atoms with Gasteiger partial charge in [0.2, 0.25) is 17.7 Å². The van der Waals surface area contributed by atoms with E-state index in [1.165, 1.54) is 11.8 Å². The predicted molar refractivity (Wildman–Crippen MR) is 203 cm³/mol. The number of hydrogen-bond donors (Lipinski definition) is 4. The molecule has 0 aliphatic carbocycles. The van der Waals surface area contributed by atoms with Crippen molar-refractivity contribution < 1.29 is 42.7 Å². The molecular weight excluding hydrogens is 735 g/mol. The summed E-state index contributed by atoms with van der Waals surface area (Å²) in [6, 6.07) is 12.7. The minimum atomic E-state index is -1.48. The predicted octanol–water partition coefficient (Wildman–Crippen LogP) is 3.48. The largest absolute Gasteiger partial charge is 0.480 e. The molecule has 1 aromatic heterocycles. The smallest absolute Gasteiger partial charge is 0.328 e. The van der Waals surface area contributed by atoms with E-state index in [4.69, 9.17) is 5.73 Å². The van der Waals surface area contributed by atoms with Gasteiger partial charge in [0.1, 0.15) is 24.2 Å². The lowest BCUT2D eigenvalue weighted by Crippen LogP contribution is -2.50. The number of carboxylic acid groups (broad SMARTS) is 1. The van der Waals surface area contributed by atoms with Crippen molar-refractivity contribution in [2.24, 2.45) is 11.1 Å². The van der Waals surface area contributed by atoms with Crippen LogP contribution >= 0.6 is 11.8 Å². The molecule has 0 saturated heterocycles. The molecule has 5 N–H and O–H groups in total. The van der Waals surface area contributed by atoms with Gasteiger partial charge in [0, 0.05) is 67.0 Å². The summed E-state index contributed by atoms with van der Waals surface area (Å²) in [6.07, 6.45) is 4.16. The molecule has 0 saturated carbocycles. The average Bonchev–Trinajstić information content (AvgIpc) is 3.68. The molecule has 13 nitrogen and oxygen atoms in total. The maximum atomic E-state index is 15.1. The number of aromatic nitrogens is 1. The molecule has 3 aromatic rings. The third-order valence-corrected chi connectivity index (χ3v) is 9.68. The zero-order valence-electron chi connectivity index (χ0n) is 30.9. The van der Waals surface area contributed by atoms with Crippen LogP contribution in [0.3, 0.4) is 0 Å². The summed E-state index contributed by atoms with van der Waals surface area (Å²) in [7, 11) is 0. The summed E-state index contributed by atoms with van der Waals surface area (Å²) in [5.74, 6) is -5.40. The Labute approximate surface area is 322 Å². The highest BCUT2D eigenvalue weighted by Crippen LogP contribution is 2.41. The molecule has 5 amide bonds. The van der Waals surface area contributed by atoms with E-state index in [9.17, 15) is 38.3 Å². The number of amides is 5. The number of carbonyl (C=O) groups is 6. The van der Waals surface area contributed by atoms with Crippen molar-refractivity contribution in [3.05, 3.63) is 95.8 Å². The van der Waals surface area contributed by atoms with Crippen LogP contribution in [0.4, 0.5) is 8.78 Å². The molecule has 0 bridgehead atoms. The number of benzene rings is 2. The van der Waals surface area contributed by atoms with E-state index in [1.54, 1.807) is 17.2 Å². The van der Waals surface area contributed by atoms with Crippen LogP contribution in [-0.2, 0) is 35.3 Å². The van der Waals surface area contributed by atoms with Crippen molar-refractivity contribution in [1.82, 2.24) is 25.0 Å². The van der Waals surface area contributed by atoms with Gasteiger partial charge in [-0.15, -0.1) is 0 Å². The van der Waals surface area contributed by atoms with Crippen molar-refractivity contribution in [2.75, 3.05) is 37.7 Å². The molecular formula is C39H46F2N6O7S. The van der Waals surface area contributed by atoms with Gasteiger partial charge in [-0.25, -0.2) is 13.6 Å². The summed E-state index contributed by atoms with van der Waals surface area (Å²) in [4.78, 5) is 76.6. The highest BCUT2D eigenvalue weighted by molar-refractivity contribution is 7.99. The van der Waals surface area contributed by atoms with Crippen LogP contribution in [0.15, 0.2) is 72.9 Å². The maximum absolute atomic E-state index is 15.1. The second kappa shape index (κ2) is 19.3. The van der Waals surface area contributed by atoms with Crippen molar-refractivity contribution in [3.63, 3.8) is 0 Å². The van der Waals surface area contributed by atoms with Gasteiger partial charge in [0.05, 0.1) is 11.8 Å². The number of thioether (sulfide) groups is 1. The third-order valence-electron chi connectivity index (χ3n) is 8.74. The van der Waals surface area contributed by atoms with Crippen LogP contribution in [0.2, 0.25) is 0 Å². The highest BCUT2D eigenvalue weighted by atomic mass is 32.2. The van der Waals surface area contributed by atoms with Crippen LogP contribution < -0.4 is 16.4 Å². The van der Waals surface area contributed by atoms with E-state index in [0.717, 1.165) is 35.9 Å². The first-order valence-electron chi connectivity index (χ1n) is 17.7. The van der Waals surface area contributed by atoms with E-state index in [-0.39, 0.29) is 29.4 Å². The summed E-state index contributed by atoms with van der Waals surface area (Å²) in [5.41, 5.74) is 7.59. The van der Waals surface area contributed by atoms with E-state index in [0.29, 0.717) is 42.2 Å². The van der Waals surface area contributed by atoms with Gasteiger partial charge in [-0.05, 0) is 48.2 Å². The number of nitrogens with zero attached hydrogens (tertiary/aromatic N) is 3. The summed E-state index contributed by atoms with van der Waals surface area (Å²) in [6.45, 7) is 5.91. The Morgan fingerprint density at radius 2 is 1.67 bits per heavy atom. The van der Waals surface area contributed by atoms with Crippen LogP contribution in [0.1, 0.15) is 50.9 Å². The zero-order chi connectivity index (χ0) is 40.3. The monoisotopic (exact) mass is 780 g/mol. The SMILES string of the molecule is CC(C)(C)[C@H](c1cc(-c2cc(F)ccc2F)cn1Cc1ccccc1)N(CCCN)C(=O)CSCCC(=O)NC(CNC(=O)CN1C(=O)C=CC1=O)C(=O)O. The zero-order valence-corrected chi connectivity index (χ0v) is 31.7. The van der Waals surface area contributed by atoms with E-state index < -0.39 is 71.8 Å². The van der Waals surface area contributed by atoms with E-state index in [2.05, 4.69) is 10.6 Å². The first-order valence-corrected chi connectivity index (χ1v) is 18.8. The van der Waals surface area contributed by atoms with Crippen LogP contribution in [-0.4, -0.2) is 98.7 Å². The number of aliphatic carboxylic acids is 1. The maximum Gasteiger partial charge on any atom is 0.328 e. The number of imide groups is 1. The van der Waals surface area contributed by atoms with Gasteiger partial charge in [0.15, 0.2) is 0 Å². The molecule has 294 valence electrons. The first-order chi connectivity index (χ1) is 26.1. The van der Waals surface area contributed by atoms with Crippen LogP contribution in [0.5, 0.6) is 0 Å². The number of halogens is 2. The Kier molecular flexibility index (Phi) is 14.9. The second-order valence-corrected chi connectivity index (χ2v) is 15.2. The summed E-state index contributed by atoms with van der Waals surface area (Å²) >= 11 is 1.19. The van der Waals surface area contributed by atoms with Gasteiger partial charge in [-0.3, -0.25) is 28.9 Å². The Bertz CT molecular complexity index is 1900. The number of nitrogens with two attached hydrogens (primary N) is 1. The summed E-state index contributed by atoms with van der Waals surface area (Å²) < 4.78 is 31.3. The molecule has 1 unspecified atom stereocenters. The second-order valence-electron chi connectivity index (χ2n) is 14.1. The summed E-state index contributed by atoms with van der Waals surface area (Å²) in [5, 5.41) is 14.2. The molecule has 4 rings (SSSR count). The number of rotatable bonds is 19. The van der Waals surface area contributed by atoms with Crippen LogP contribution in [0, 0.1) is 17.0 Å². The molecule has 1 aliphatic rings. The minimum Gasteiger partial charge on any atom is -0.480 e.